The number of halogens is 1. The molecule has 0 aromatic heterocycles. The lowest BCUT2D eigenvalue weighted by Gasteiger charge is -2.19. The Balaban J connectivity index is 2.90. The Bertz CT molecular complexity index is 713. The summed E-state index contributed by atoms with van der Waals surface area (Å²) in [5.74, 6) is 0.647. The van der Waals surface area contributed by atoms with Crippen LogP contribution in [-0.4, -0.2) is 55.5 Å². The quantitative estimate of drug-likeness (QED) is 0.0861. The summed E-state index contributed by atoms with van der Waals surface area (Å²) in [5.41, 5.74) is 1.14. The maximum absolute atomic E-state index is 12.6. The molecular weight excluding hydrogens is 543 g/mol. The average molecular weight is 583 g/mol. The number of hydrogen-bond acceptors (Lipinski definition) is 6. The van der Waals surface area contributed by atoms with Crippen LogP contribution in [0.4, 0.5) is 0 Å². The van der Waals surface area contributed by atoms with E-state index in [1.165, 1.54) is 0 Å². The summed E-state index contributed by atoms with van der Waals surface area (Å²) >= 11 is 2.14. The largest absolute Gasteiger partial charge is 0.466 e. The van der Waals surface area contributed by atoms with E-state index in [0.717, 1.165) is 17.7 Å². The maximum Gasteiger partial charge on any atom is 0.342 e. The summed E-state index contributed by atoms with van der Waals surface area (Å²) in [6.07, 6.45) is 0. The smallest absolute Gasteiger partial charge is 0.342 e. The van der Waals surface area contributed by atoms with E-state index in [4.69, 9.17) is 23.7 Å². The van der Waals surface area contributed by atoms with Crippen molar-refractivity contribution in [3.63, 3.8) is 0 Å². The Morgan fingerprint density at radius 2 is 1.45 bits per heavy atom. The number of carbonyl (C=O) groups excluding carboxylic acids is 1. The first-order valence-corrected chi connectivity index (χ1v) is 19.3. The Kier molecular flexibility index (Phi) is 12.1. The summed E-state index contributed by atoms with van der Waals surface area (Å²) in [6, 6.07) is 3.96. The van der Waals surface area contributed by atoms with E-state index in [0.29, 0.717) is 40.5 Å². The zero-order chi connectivity index (χ0) is 23.7. The fourth-order valence-corrected chi connectivity index (χ4v) is 4.76. The van der Waals surface area contributed by atoms with Gasteiger partial charge in [-0.3, -0.25) is 0 Å². The molecule has 0 spiro atoms. The van der Waals surface area contributed by atoms with E-state index in [-0.39, 0.29) is 13.6 Å². The van der Waals surface area contributed by atoms with Gasteiger partial charge in [-0.1, -0.05) is 39.3 Å². The SMILES string of the molecule is CCOC(=O)c1c(C)cc(OCOCC[Si](C)(C)C)c(I)c1OCOCC[Si](C)(C)C. The predicted molar refractivity (Wildman–Crippen MR) is 139 cm³/mol. The first-order chi connectivity index (χ1) is 14.4. The van der Waals surface area contributed by atoms with Crippen molar-refractivity contribution in [1.29, 1.82) is 0 Å². The van der Waals surface area contributed by atoms with Gasteiger partial charge >= 0.3 is 5.97 Å². The van der Waals surface area contributed by atoms with Gasteiger partial charge in [0.25, 0.3) is 0 Å². The van der Waals surface area contributed by atoms with E-state index in [1.807, 2.05) is 13.0 Å². The lowest BCUT2D eigenvalue weighted by Crippen LogP contribution is -2.22. The predicted octanol–water partition coefficient (Wildman–Crippen LogP) is 6.16. The van der Waals surface area contributed by atoms with Crippen molar-refractivity contribution >= 4 is 44.7 Å². The minimum atomic E-state index is -1.18. The third kappa shape index (κ3) is 11.2. The second kappa shape index (κ2) is 13.2. The van der Waals surface area contributed by atoms with Gasteiger partial charge in [-0.25, -0.2) is 4.79 Å². The zero-order valence-corrected chi connectivity index (χ0v) is 24.5. The van der Waals surface area contributed by atoms with Crippen LogP contribution < -0.4 is 9.47 Å². The molecule has 31 heavy (non-hydrogen) atoms. The fourth-order valence-electron chi connectivity index (χ4n) is 2.51. The molecule has 0 aliphatic rings. The Labute approximate surface area is 203 Å². The van der Waals surface area contributed by atoms with Crippen LogP contribution in [-0.2, 0) is 14.2 Å². The molecule has 0 saturated heterocycles. The lowest BCUT2D eigenvalue weighted by atomic mass is 10.1. The van der Waals surface area contributed by atoms with Gasteiger partial charge < -0.3 is 23.7 Å². The summed E-state index contributed by atoms with van der Waals surface area (Å²) in [5, 5.41) is 0. The van der Waals surface area contributed by atoms with Crippen LogP contribution >= 0.6 is 22.6 Å². The van der Waals surface area contributed by atoms with Crippen LogP contribution in [0.5, 0.6) is 11.5 Å². The number of aryl methyl sites for hydroxylation is 1. The molecule has 178 valence electrons. The van der Waals surface area contributed by atoms with Crippen molar-refractivity contribution in [2.24, 2.45) is 0 Å². The van der Waals surface area contributed by atoms with Crippen LogP contribution in [0.3, 0.4) is 0 Å². The van der Waals surface area contributed by atoms with Crippen molar-refractivity contribution in [1.82, 2.24) is 0 Å². The van der Waals surface area contributed by atoms with Gasteiger partial charge in [0.05, 0.1) is 10.2 Å². The van der Waals surface area contributed by atoms with Crippen molar-refractivity contribution < 1.29 is 28.5 Å². The number of ether oxygens (including phenoxy) is 5. The molecule has 0 N–H and O–H groups in total. The molecule has 6 nitrogen and oxygen atoms in total. The lowest BCUT2D eigenvalue weighted by molar-refractivity contribution is 0.0158. The third-order valence-electron chi connectivity index (χ3n) is 4.44. The van der Waals surface area contributed by atoms with Crippen molar-refractivity contribution in [2.75, 3.05) is 33.4 Å². The molecule has 0 unspecified atom stereocenters. The second-order valence-corrected chi connectivity index (χ2v) is 22.2. The van der Waals surface area contributed by atoms with Crippen LogP contribution in [0, 0.1) is 10.5 Å². The van der Waals surface area contributed by atoms with E-state index in [1.54, 1.807) is 6.92 Å². The highest BCUT2D eigenvalue weighted by molar-refractivity contribution is 14.1. The molecule has 0 heterocycles. The van der Waals surface area contributed by atoms with Crippen LogP contribution in [0.25, 0.3) is 0 Å². The normalized spacial score (nSPS) is 12.0. The molecule has 1 rings (SSSR count). The van der Waals surface area contributed by atoms with Gasteiger partial charge in [-0.05, 0) is 60.2 Å². The zero-order valence-electron chi connectivity index (χ0n) is 20.4. The minimum absolute atomic E-state index is 0.0719. The highest BCUT2D eigenvalue weighted by atomic mass is 127. The Morgan fingerprint density at radius 1 is 0.935 bits per heavy atom. The Hall–Kier alpha value is -0.626. The summed E-state index contributed by atoms with van der Waals surface area (Å²) in [7, 11) is -2.32. The number of esters is 1. The minimum Gasteiger partial charge on any atom is -0.466 e. The topological polar surface area (TPSA) is 63.2 Å². The van der Waals surface area contributed by atoms with E-state index < -0.39 is 22.1 Å². The summed E-state index contributed by atoms with van der Waals surface area (Å²) in [6.45, 7) is 19.3. The Morgan fingerprint density at radius 3 is 1.94 bits per heavy atom. The average Bonchev–Trinajstić information content (AvgIpc) is 2.62. The van der Waals surface area contributed by atoms with Gasteiger partial charge in [-0.15, -0.1) is 0 Å². The molecule has 0 aliphatic carbocycles. The molecule has 9 heteroatoms. The van der Waals surface area contributed by atoms with Gasteiger partial charge in [0.2, 0.25) is 0 Å². The van der Waals surface area contributed by atoms with Gasteiger partial charge in [-0.2, -0.15) is 0 Å². The van der Waals surface area contributed by atoms with Crippen molar-refractivity contribution in [3.8, 4) is 11.5 Å². The third-order valence-corrected chi connectivity index (χ3v) is 8.87. The molecule has 0 radical (unpaired) electrons. The first kappa shape index (κ1) is 28.4. The molecule has 1 aromatic carbocycles. The molecule has 0 fully saturated rings. The summed E-state index contributed by atoms with van der Waals surface area (Å²) < 4.78 is 29.1. The van der Waals surface area contributed by atoms with Crippen molar-refractivity contribution in [2.45, 2.75) is 65.2 Å². The summed E-state index contributed by atoms with van der Waals surface area (Å²) in [4.78, 5) is 12.6. The molecule has 0 bridgehead atoms. The van der Waals surface area contributed by atoms with Gasteiger partial charge in [0.1, 0.15) is 11.3 Å². The number of benzene rings is 1. The molecular formula is C22H39IO6Si2. The van der Waals surface area contributed by atoms with E-state index >= 15 is 0 Å². The van der Waals surface area contributed by atoms with Crippen LogP contribution in [0.1, 0.15) is 22.8 Å². The highest BCUT2D eigenvalue weighted by Crippen LogP contribution is 2.37. The maximum atomic E-state index is 12.6. The molecule has 0 aliphatic heterocycles. The first-order valence-electron chi connectivity index (χ1n) is 10.8. The van der Waals surface area contributed by atoms with Gasteiger partial charge in [0, 0.05) is 29.4 Å². The number of rotatable bonds is 14. The molecule has 0 atom stereocenters. The van der Waals surface area contributed by atoms with E-state index in [9.17, 15) is 4.79 Å². The number of hydrogen-bond donors (Lipinski definition) is 0. The molecule has 1 aromatic rings. The van der Waals surface area contributed by atoms with Crippen LogP contribution in [0.2, 0.25) is 51.4 Å². The van der Waals surface area contributed by atoms with Crippen molar-refractivity contribution in [3.05, 3.63) is 20.8 Å². The van der Waals surface area contributed by atoms with E-state index in [2.05, 4.69) is 61.9 Å². The molecule has 0 saturated carbocycles. The second-order valence-electron chi connectivity index (χ2n) is 9.89. The fraction of sp³-hybridized carbons (Fsp3) is 0.682. The monoisotopic (exact) mass is 582 g/mol. The number of carbonyl (C=O) groups is 1. The highest BCUT2D eigenvalue weighted by Gasteiger charge is 2.24. The van der Waals surface area contributed by atoms with Gasteiger partial charge in [0.15, 0.2) is 19.3 Å². The van der Waals surface area contributed by atoms with Crippen LogP contribution in [0.15, 0.2) is 6.07 Å². The molecule has 0 amide bonds. The standard InChI is InChI=1S/C22H39IO6Si2/c1-9-27-22(24)19-17(2)14-18(28-15-25-10-12-30(3,4)5)20(23)21(19)29-16-26-11-13-31(6,7)8/h14H,9-13,15-16H2,1-8H3.